The number of likely N-dealkylation sites (N-methyl/N-ethyl adjacent to an activating group) is 1. The second kappa shape index (κ2) is 4.38. The summed E-state index contributed by atoms with van der Waals surface area (Å²) in [7, 11) is 1.76. The minimum Gasteiger partial charge on any atom is -0.384 e. The first kappa shape index (κ1) is 11.6. The Morgan fingerprint density at radius 3 is 2.71 bits per heavy atom. The van der Waals surface area contributed by atoms with E-state index >= 15 is 0 Å². The lowest BCUT2D eigenvalue weighted by molar-refractivity contribution is 0.0583. The number of nitrogens with one attached hydrogen (secondary N) is 1. The van der Waals surface area contributed by atoms with Crippen LogP contribution in [0, 0.1) is 5.82 Å². The Balaban J connectivity index is 3.06. The van der Waals surface area contributed by atoms with E-state index in [1.54, 1.807) is 20.0 Å². The number of hydrogen-bond acceptors (Lipinski definition) is 2. The fourth-order valence-electron chi connectivity index (χ4n) is 1.37. The molecule has 1 atom stereocenters. The highest BCUT2D eigenvalue weighted by Gasteiger charge is 2.24. The van der Waals surface area contributed by atoms with Gasteiger partial charge in [0, 0.05) is 11.0 Å². The molecule has 0 saturated heterocycles. The summed E-state index contributed by atoms with van der Waals surface area (Å²) in [5, 5.41) is 12.9. The predicted molar refractivity (Wildman–Crippen MR) is 57.6 cm³/mol. The van der Waals surface area contributed by atoms with Crippen LogP contribution in [0.5, 0.6) is 0 Å². The van der Waals surface area contributed by atoms with Gasteiger partial charge < -0.3 is 10.4 Å². The summed E-state index contributed by atoms with van der Waals surface area (Å²) < 4.78 is 13.4. The Morgan fingerprint density at radius 1 is 1.57 bits per heavy atom. The maximum Gasteiger partial charge on any atom is 0.124 e. The topological polar surface area (TPSA) is 32.3 Å². The van der Waals surface area contributed by atoms with Gasteiger partial charge in [-0.25, -0.2) is 4.39 Å². The summed E-state index contributed by atoms with van der Waals surface area (Å²) >= 11 is 3.23. The van der Waals surface area contributed by atoms with Crippen LogP contribution < -0.4 is 5.32 Å². The molecule has 2 N–H and O–H groups in total. The zero-order chi connectivity index (χ0) is 10.8. The van der Waals surface area contributed by atoms with Crippen LogP contribution in [0.4, 0.5) is 4.39 Å². The third kappa shape index (κ3) is 2.53. The molecule has 0 bridgehead atoms. The molecule has 1 aromatic carbocycles. The van der Waals surface area contributed by atoms with Crippen molar-refractivity contribution >= 4 is 15.9 Å². The van der Waals surface area contributed by atoms with E-state index in [0.717, 1.165) is 0 Å². The highest BCUT2D eigenvalue weighted by molar-refractivity contribution is 9.10. The van der Waals surface area contributed by atoms with E-state index in [1.165, 1.54) is 12.1 Å². The number of benzene rings is 1. The molecule has 1 aromatic rings. The number of halogens is 2. The molecule has 0 aliphatic heterocycles. The molecule has 1 rings (SSSR count). The van der Waals surface area contributed by atoms with Gasteiger partial charge in [0.15, 0.2) is 0 Å². The lowest BCUT2D eigenvalue weighted by Crippen LogP contribution is -2.33. The Labute approximate surface area is 91.3 Å². The lowest BCUT2D eigenvalue weighted by Gasteiger charge is -2.24. The molecule has 0 heterocycles. The number of aliphatic hydroxyl groups is 1. The molecule has 0 saturated carbocycles. The molecule has 0 fully saturated rings. The molecule has 0 spiro atoms. The highest BCUT2D eigenvalue weighted by atomic mass is 79.9. The average Bonchev–Trinajstić information content (AvgIpc) is 2.02. The Morgan fingerprint density at radius 2 is 2.21 bits per heavy atom. The average molecular weight is 262 g/mol. The largest absolute Gasteiger partial charge is 0.384 e. The van der Waals surface area contributed by atoms with Gasteiger partial charge in [0.2, 0.25) is 0 Å². The number of hydrogen-bond donors (Lipinski definition) is 2. The molecule has 78 valence electrons. The predicted octanol–water partition coefficient (Wildman–Crippen LogP) is 2.02. The molecule has 1 unspecified atom stereocenters. The van der Waals surface area contributed by atoms with Crippen LogP contribution in [0.1, 0.15) is 12.5 Å². The smallest absolute Gasteiger partial charge is 0.124 e. The van der Waals surface area contributed by atoms with Crippen LogP contribution in [0.15, 0.2) is 22.7 Å². The molecule has 0 radical (unpaired) electrons. The van der Waals surface area contributed by atoms with Crippen LogP contribution in [-0.4, -0.2) is 18.7 Å². The molecule has 0 aliphatic carbocycles. The van der Waals surface area contributed by atoms with Gasteiger partial charge in [0.1, 0.15) is 11.4 Å². The van der Waals surface area contributed by atoms with Gasteiger partial charge in [0.25, 0.3) is 0 Å². The third-order valence-electron chi connectivity index (χ3n) is 2.03. The Hall–Kier alpha value is -0.450. The molecule has 2 nitrogen and oxygen atoms in total. The van der Waals surface area contributed by atoms with Crippen molar-refractivity contribution in [1.29, 1.82) is 0 Å². The van der Waals surface area contributed by atoms with Crippen molar-refractivity contribution < 1.29 is 9.50 Å². The van der Waals surface area contributed by atoms with Gasteiger partial charge in [-0.2, -0.15) is 0 Å². The minimum atomic E-state index is -0.999. The van der Waals surface area contributed by atoms with Gasteiger partial charge in [-0.3, -0.25) is 0 Å². The van der Waals surface area contributed by atoms with Gasteiger partial charge in [-0.05, 0) is 31.7 Å². The Bertz CT molecular complexity index is 328. The van der Waals surface area contributed by atoms with E-state index < -0.39 is 5.60 Å². The molecule has 0 amide bonds. The van der Waals surface area contributed by atoms with Crippen molar-refractivity contribution in [2.75, 3.05) is 13.6 Å². The normalized spacial score (nSPS) is 15.2. The van der Waals surface area contributed by atoms with E-state index in [2.05, 4.69) is 21.2 Å². The zero-order valence-corrected chi connectivity index (χ0v) is 9.73. The van der Waals surface area contributed by atoms with Gasteiger partial charge >= 0.3 is 0 Å². The van der Waals surface area contributed by atoms with Gasteiger partial charge in [-0.1, -0.05) is 22.0 Å². The zero-order valence-electron chi connectivity index (χ0n) is 8.14. The summed E-state index contributed by atoms with van der Waals surface area (Å²) in [6.45, 7) is 2.10. The first-order valence-corrected chi connectivity index (χ1v) is 5.09. The van der Waals surface area contributed by atoms with Crippen molar-refractivity contribution in [3.8, 4) is 0 Å². The summed E-state index contributed by atoms with van der Waals surface area (Å²) in [6, 6.07) is 4.26. The molecule has 0 aromatic heterocycles. The van der Waals surface area contributed by atoms with E-state index in [1.807, 2.05) is 0 Å². The first-order valence-electron chi connectivity index (χ1n) is 4.30. The molecule has 4 heteroatoms. The molecular weight excluding hydrogens is 249 g/mol. The standard InChI is InChI=1S/C10H13BrFNO/c1-10(14,6-13-2)8-4-3-7(12)5-9(8)11/h3-5,13-14H,6H2,1-2H3. The van der Waals surface area contributed by atoms with E-state index in [0.29, 0.717) is 16.6 Å². The van der Waals surface area contributed by atoms with Crippen LogP contribution >= 0.6 is 15.9 Å². The Kier molecular flexibility index (Phi) is 3.64. The second-order valence-corrected chi connectivity index (χ2v) is 4.28. The van der Waals surface area contributed by atoms with E-state index in [4.69, 9.17) is 0 Å². The van der Waals surface area contributed by atoms with Crippen LogP contribution in [-0.2, 0) is 5.60 Å². The van der Waals surface area contributed by atoms with Crippen molar-refractivity contribution in [2.45, 2.75) is 12.5 Å². The SMILES string of the molecule is CNCC(C)(O)c1ccc(F)cc1Br. The summed E-state index contributed by atoms with van der Waals surface area (Å²) in [5.74, 6) is -0.319. The number of rotatable bonds is 3. The quantitative estimate of drug-likeness (QED) is 0.873. The van der Waals surface area contributed by atoms with E-state index in [-0.39, 0.29) is 5.82 Å². The molecular formula is C10H13BrFNO. The fourth-order valence-corrected chi connectivity index (χ4v) is 2.14. The summed E-state index contributed by atoms with van der Waals surface area (Å²) in [6.07, 6.45) is 0. The van der Waals surface area contributed by atoms with Crippen LogP contribution in [0.25, 0.3) is 0 Å². The summed E-state index contributed by atoms with van der Waals surface area (Å²) in [5.41, 5.74) is -0.324. The first-order chi connectivity index (χ1) is 6.47. The highest BCUT2D eigenvalue weighted by Crippen LogP contribution is 2.28. The molecule has 14 heavy (non-hydrogen) atoms. The summed E-state index contributed by atoms with van der Waals surface area (Å²) in [4.78, 5) is 0. The molecule has 0 aliphatic rings. The van der Waals surface area contributed by atoms with E-state index in [9.17, 15) is 9.50 Å². The minimum absolute atomic E-state index is 0.319. The fraction of sp³-hybridized carbons (Fsp3) is 0.400. The maximum atomic E-state index is 12.8. The monoisotopic (exact) mass is 261 g/mol. The van der Waals surface area contributed by atoms with Gasteiger partial charge in [0.05, 0.1) is 0 Å². The third-order valence-corrected chi connectivity index (χ3v) is 2.69. The van der Waals surface area contributed by atoms with Crippen molar-refractivity contribution in [3.05, 3.63) is 34.1 Å². The van der Waals surface area contributed by atoms with Crippen LogP contribution in [0.2, 0.25) is 0 Å². The van der Waals surface area contributed by atoms with Gasteiger partial charge in [-0.15, -0.1) is 0 Å². The second-order valence-electron chi connectivity index (χ2n) is 3.43. The lowest BCUT2D eigenvalue weighted by atomic mass is 9.96. The maximum absolute atomic E-state index is 12.8. The van der Waals surface area contributed by atoms with Crippen molar-refractivity contribution in [1.82, 2.24) is 5.32 Å². The van der Waals surface area contributed by atoms with Crippen molar-refractivity contribution in [3.63, 3.8) is 0 Å². The van der Waals surface area contributed by atoms with Crippen LogP contribution in [0.3, 0.4) is 0 Å². The van der Waals surface area contributed by atoms with Crippen molar-refractivity contribution in [2.24, 2.45) is 0 Å².